The summed E-state index contributed by atoms with van der Waals surface area (Å²) in [5.74, 6) is -0.460. The van der Waals surface area contributed by atoms with Gasteiger partial charge in [-0.05, 0) is 25.2 Å². The molecule has 2 atom stereocenters. The summed E-state index contributed by atoms with van der Waals surface area (Å²) in [6.45, 7) is 5.52. The number of aliphatic hydroxyl groups excluding tert-OH is 1. The third kappa shape index (κ3) is 4.20. The zero-order valence-electron chi connectivity index (χ0n) is 14.6. The van der Waals surface area contributed by atoms with Crippen molar-refractivity contribution in [1.82, 2.24) is 10.2 Å². The molecule has 2 saturated heterocycles. The van der Waals surface area contributed by atoms with Crippen LogP contribution in [0.25, 0.3) is 0 Å². The molecule has 1 unspecified atom stereocenters. The quantitative estimate of drug-likeness (QED) is 0.807. The van der Waals surface area contributed by atoms with Crippen molar-refractivity contribution in [2.75, 3.05) is 56.1 Å². The average molecular weight is 352 g/mol. The summed E-state index contributed by atoms with van der Waals surface area (Å²) >= 11 is 0. The topological polar surface area (TPSA) is 68.3 Å². The van der Waals surface area contributed by atoms with Gasteiger partial charge in [-0.3, -0.25) is 4.79 Å². The maximum atomic E-state index is 14.6. The summed E-state index contributed by atoms with van der Waals surface area (Å²) in [5.41, 5.74) is 1.15. The van der Waals surface area contributed by atoms with Gasteiger partial charge in [0.1, 0.15) is 5.82 Å². The zero-order chi connectivity index (χ0) is 18.0. The number of benzene rings is 1. The van der Waals surface area contributed by atoms with Crippen LogP contribution >= 0.6 is 0 Å². The van der Waals surface area contributed by atoms with Gasteiger partial charge in [-0.1, -0.05) is 0 Å². The van der Waals surface area contributed by atoms with Crippen molar-refractivity contribution < 1.29 is 19.0 Å². The van der Waals surface area contributed by atoms with Crippen LogP contribution < -0.4 is 15.1 Å². The fourth-order valence-electron chi connectivity index (χ4n) is 3.18. The van der Waals surface area contributed by atoms with Crippen LogP contribution in [0.1, 0.15) is 6.92 Å². The Bertz CT molecular complexity index is 622. The van der Waals surface area contributed by atoms with E-state index in [1.807, 2.05) is 4.90 Å². The van der Waals surface area contributed by atoms with Crippen molar-refractivity contribution >= 4 is 17.3 Å². The van der Waals surface area contributed by atoms with Crippen LogP contribution in [0.3, 0.4) is 0 Å². The van der Waals surface area contributed by atoms with Crippen molar-refractivity contribution in [2.45, 2.75) is 19.4 Å². The van der Waals surface area contributed by atoms with Crippen LogP contribution in [-0.4, -0.2) is 74.7 Å². The molecule has 1 amide bonds. The van der Waals surface area contributed by atoms with Gasteiger partial charge in [0.15, 0.2) is 0 Å². The van der Waals surface area contributed by atoms with Crippen LogP contribution in [0.5, 0.6) is 0 Å². The predicted molar refractivity (Wildman–Crippen MR) is 93.0 cm³/mol. The standard InChI is InChI=1S/C17H25FN4O3/c1-12(23)19-10-14-11-22(17(24)25-14)13-3-4-16(15(18)9-13)21-7-5-20(2)6-8-21/h3-4,9,14,17,24H,5-8,10-11H2,1-2H3,(H,19,23)/t14-,17?/m0/s1. The van der Waals surface area contributed by atoms with Crippen molar-refractivity contribution in [2.24, 2.45) is 0 Å². The number of ether oxygens (including phenoxy) is 1. The second-order valence-corrected chi connectivity index (χ2v) is 6.60. The number of hydrogen-bond donors (Lipinski definition) is 2. The maximum absolute atomic E-state index is 14.6. The Kier molecular flexibility index (Phi) is 5.41. The first kappa shape index (κ1) is 17.9. The molecule has 0 bridgehead atoms. The molecule has 2 N–H and O–H groups in total. The number of piperazine rings is 1. The number of rotatable bonds is 4. The Morgan fingerprint density at radius 2 is 2.08 bits per heavy atom. The fraction of sp³-hybridized carbons (Fsp3) is 0.588. The van der Waals surface area contributed by atoms with Gasteiger partial charge in [-0.15, -0.1) is 0 Å². The molecule has 0 aliphatic carbocycles. The van der Waals surface area contributed by atoms with E-state index in [0.29, 0.717) is 24.5 Å². The van der Waals surface area contributed by atoms with Crippen LogP contribution in [-0.2, 0) is 9.53 Å². The van der Waals surface area contributed by atoms with E-state index in [0.717, 1.165) is 26.2 Å². The minimum atomic E-state index is -1.15. The third-order valence-corrected chi connectivity index (χ3v) is 4.67. The zero-order valence-corrected chi connectivity index (χ0v) is 14.6. The lowest BCUT2D eigenvalue weighted by Gasteiger charge is -2.34. The Morgan fingerprint density at radius 3 is 2.72 bits per heavy atom. The molecule has 138 valence electrons. The first-order valence-electron chi connectivity index (χ1n) is 8.51. The number of amides is 1. The van der Waals surface area contributed by atoms with Crippen molar-refractivity contribution in [1.29, 1.82) is 0 Å². The number of nitrogens with zero attached hydrogens (tertiary/aromatic N) is 3. The molecule has 3 rings (SSSR count). The van der Waals surface area contributed by atoms with Gasteiger partial charge in [0, 0.05) is 45.3 Å². The van der Waals surface area contributed by atoms with Crippen LogP contribution in [0.4, 0.5) is 15.8 Å². The summed E-state index contributed by atoms with van der Waals surface area (Å²) in [7, 11) is 2.06. The molecule has 0 aromatic heterocycles. The molecule has 0 spiro atoms. The van der Waals surface area contributed by atoms with Gasteiger partial charge >= 0.3 is 0 Å². The Morgan fingerprint density at radius 1 is 1.36 bits per heavy atom. The number of likely N-dealkylation sites (N-methyl/N-ethyl adjacent to an activating group) is 1. The molecule has 25 heavy (non-hydrogen) atoms. The van der Waals surface area contributed by atoms with E-state index in [2.05, 4.69) is 17.3 Å². The molecule has 2 fully saturated rings. The average Bonchev–Trinajstić information content (AvgIpc) is 2.95. The summed E-state index contributed by atoms with van der Waals surface area (Å²) in [5, 5.41) is 12.7. The van der Waals surface area contributed by atoms with E-state index >= 15 is 0 Å². The predicted octanol–water partition coefficient (Wildman–Crippen LogP) is 0.195. The second-order valence-electron chi connectivity index (χ2n) is 6.60. The van der Waals surface area contributed by atoms with Crippen LogP contribution in [0.15, 0.2) is 18.2 Å². The fourth-order valence-corrected chi connectivity index (χ4v) is 3.18. The summed E-state index contributed by atoms with van der Waals surface area (Å²) in [6, 6.07) is 4.98. The summed E-state index contributed by atoms with van der Waals surface area (Å²) in [6.07, 6.45) is -1.48. The van der Waals surface area contributed by atoms with Crippen LogP contribution in [0, 0.1) is 5.82 Å². The van der Waals surface area contributed by atoms with E-state index in [-0.39, 0.29) is 17.8 Å². The van der Waals surface area contributed by atoms with Gasteiger partial charge < -0.3 is 29.9 Å². The first-order valence-corrected chi connectivity index (χ1v) is 8.51. The number of carbonyl (C=O) groups excluding carboxylic acids is 1. The minimum absolute atomic E-state index is 0.154. The van der Waals surface area contributed by atoms with E-state index in [1.165, 1.54) is 13.0 Å². The lowest BCUT2D eigenvalue weighted by atomic mass is 10.2. The molecule has 8 heteroatoms. The molecule has 1 aromatic carbocycles. The van der Waals surface area contributed by atoms with E-state index < -0.39 is 6.41 Å². The van der Waals surface area contributed by atoms with Crippen LogP contribution in [0.2, 0.25) is 0 Å². The highest BCUT2D eigenvalue weighted by atomic mass is 19.1. The number of hydrogen-bond acceptors (Lipinski definition) is 6. The Hall–Kier alpha value is -1.90. The first-order chi connectivity index (χ1) is 11.9. The monoisotopic (exact) mass is 352 g/mol. The molecule has 0 saturated carbocycles. The van der Waals surface area contributed by atoms with Crippen molar-refractivity contribution in [3.8, 4) is 0 Å². The highest BCUT2D eigenvalue weighted by molar-refractivity contribution is 5.72. The van der Waals surface area contributed by atoms with E-state index in [4.69, 9.17) is 4.74 Å². The number of aliphatic hydroxyl groups is 1. The molecule has 7 nitrogen and oxygen atoms in total. The highest BCUT2D eigenvalue weighted by Crippen LogP contribution is 2.29. The highest BCUT2D eigenvalue weighted by Gasteiger charge is 2.32. The lowest BCUT2D eigenvalue weighted by molar-refractivity contribution is -0.121. The molecule has 1 aromatic rings. The molecule has 2 heterocycles. The minimum Gasteiger partial charge on any atom is -0.367 e. The summed E-state index contributed by atoms with van der Waals surface area (Å²) in [4.78, 5) is 16.8. The van der Waals surface area contributed by atoms with Crippen molar-refractivity contribution in [3.63, 3.8) is 0 Å². The molecule has 2 aliphatic rings. The van der Waals surface area contributed by atoms with Crippen molar-refractivity contribution in [3.05, 3.63) is 24.0 Å². The number of halogens is 1. The molecule has 0 radical (unpaired) electrons. The Labute approximate surface area is 146 Å². The van der Waals surface area contributed by atoms with Gasteiger partial charge in [0.05, 0.1) is 18.3 Å². The summed E-state index contributed by atoms with van der Waals surface area (Å²) < 4.78 is 20.0. The lowest BCUT2D eigenvalue weighted by Crippen LogP contribution is -2.44. The normalized spacial score (nSPS) is 24.6. The second kappa shape index (κ2) is 7.55. The number of nitrogens with one attached hydrogen (secondary N) is 1. The van der Waals surface area contributed by atoms with Gasteiger partial charge in [-0.25, -0.2) is 4.39 Å². The third-order valence-electron chi connectivity index (χ3n) is 4.67. The maximum Gasteiger partial charge on any atom is 0.238 e. The number of anilines is 2. The van der Waals surface area contributed by atoms with Gasteiger partial charge in [-0.2, -0.15) is 0 Å². The van der Waals surface area contributed by atoms with E-state index in [1.54, 1.807) is 17.0 Å². The molecular weight excluding hydrogens is 327 g/mol. The molecule has 2 aliphatic heterocycles. The van der Waals surface area contributed by atoms with E-state index in [9.17, 15) is 14.3 Å². The SMILES string of the molecule is CC(=O)NC[C@H]1CN(c2ccc(N3CCN(C)CC3)c(F)c2)C(O)O1. The largest absolute Gasteiger partial charge is 0.367 e. The molecular formula is C17H25FN4O3. The van der Waals surface area contributed by atoms with Gasteiger partial charge in [0.25, 0.3) is 0 Å². The number of carbonyl (C=O) groups is 1. The smallest absolute Gasteiger partial charge is 0.238 e. The van der Waals surface area contributed by atoms with Gasteiger partial charge in [0.2, 0.25) is 12.3 Å². The Balaban J connectivity index is 1.67.